The Morgan fingerprint density at radius 1 is 1.24 bits per heavy atom. The van der Waals surface area contributed by atoms with Crippen LogP contribution in [0.1, 0.15) is 20.8 Å². The molecule has 0 saturated carbocycles. The minimum Gasteiger partial charge on any atom is -0.486 e. The van der Waals surface area contributed by atoms with Crippen LogP contribution < -0.4 is 14.8 Å². The molecule has 0 bridgehead atoms. The first-order valence-corrected chi connectivity index (χ1v) is 8.79. The molecule has 2 aromatic carbocycles. The predicted octanol–water partition coefficient (Wildman–Crippen LogP) is 4.05. The van der Waals surface area contributed by atoms with E-state index >= 15 is 0 Å². The van der Waals surface area contributed by atoms with Gasteiger partial charge in [-0.1, -0.05) is 12.1 Å². The molecule has 0 fully saturated rings. The van der Waals surface area contributed by atoms with Gasteiger partial charge in [0.05, 0.1) is 4.88 Å². The van der Waals surface area contributed by atoms with Gasteiger partial charge < -0.3 is 14.8 Å². The third kappa shape index (κ3) is 2.93. The van der Waals surface area contributed by atoms with Crippen LogP contribution in [0.4, 0.5) is 4.39 Å². The number of halogens is 1. The number of fused-ring (bicyclic) bond motifs is 2. The number of benzene rings is 2. The molecule has 128 valence electrons. The van der Waals surface area contributed by atoms with Gasteiger partial charge in [0, 0.05) is 16.8 Å². The second kappa shape index (κ2) is 6.37. The second-order valence-corrected chi connectivity index (χ2v) is 6.87. The van der Waals surface area contributed by atoms with Crippen LogP contribution in [-0.2, 0) is 6.54 Å². The van der Waals surface area contributed by atoms with Crippen LogP contribution in [0, 0.1) is 12.7 Å². The van der Waals surface area contributed by atoms with Crippen LogP contribution >= 0.6 is 11.3 Å². The lowest BCUT2D eigenvalue weighted by Gasteiger charge is -2.21. The highest BCUT2D eigenvalue weighted by atomic mass is 32.1. The van der Waals surface area contributed by atoms with Crippen molar-refractivity contribution in [2.24, 2.45) is 0 Å². The molecular weight excluding hydrogens is 341 g/mol. The minimum atomic E-state index is -0.298. The van der Waals surface area contributed by atoms with Crippen LogP contribution in [0.2, 0.25) is 0 Å². The Balaban J connectivity index is 1.56. The number of carbonyl (C=O) groups is 1. The SMILES string of the molecule is Cc1c(C(=O)NCc2cccc3c2OCCO3)sc2ccc(F)cc12. The molecule has 0 radical (unpaired) electrons. The van der Waals surface area contributed by atoms with Gasteiger partial charge in [-0.15, -0.1) is 11.3 Å². The number of carbonyl (C=O) groups excluding carboxylic acids is 1. The molecule has 0 aliphatic carbocycles. The van der Waals surface area contributed by atoms with Crippen molar-refractivity contribution < 1.29 is 18.7 Å². The number of aryl methyl sites for hydroxylation is 1. The van der Waals surface area contributed by atoms with Crippen LogP contribution in [0.15, 0.2) is 36.4 Å². The minimum absolute atomic E-state index is 0.173. The zero-order chi connectivity index (χ0) is 17.4. The summed E-state index contributed by atoms with van der Waals surface area (Å²) in [6.45, 7) is 3.21. The van der Waals surface area contributed by atoms with Crippen molar-refractivity contribution in [1.29, 1.82) is 0 Å². The summed E-state index contributed by atoms with van der Waals surface area (Å²) < 4.78 is 25.6. The Bertz CT molecular complexity index is 967. The maximum absolute atomic E-state index is 13.4. The molecule has 2 heterocycles. The molecule has 0 spiro atoms. The third-order valence-corrected chi connectivity index (χ3v) is 5.46. The van der Waals surface area contributed by atoms with Gasteiger partial charge in [-0.25, -0.2) is 4.39 Å². The number of hydrogen-bond donors (Lipinski definition) is 1. The molecule has 0 saturated heterocycles. The van der Waals surface area contributed by atoms with E-state index in [9.17, 15) is 9.18 Å². The average molecular weight is 357 g/mol. The van der Waals surface area contributed by atoms with Crippen molar-refractivity contribution in [3.63, 3.8) is 0 Å². The van der Waals surface area contributed by atoms with Gasteiger partial charge in [-0.3, -0.25) is 4.79 Å². The maximum Gasteiger partial charge on any atom is 0.261 e. The summed E-state index contributed by atoms with van der Waals surface area (Å²) >= 11 is 1.37. The van der Waals surface area contributed by atoms with Crippen molar-refractivity contribution in [3.8, 4) is 11.5 Å². The summed E-state index contributed by atoms with van der Waals surface area (Å²) in [5, 5.41) is 3.71. The highest BCUT2D eigenvalue weighted by molar-refractivity contribution is 7.21. The van der Waals surface area contributed by atoms with Crippen LogP contribution in [0.3, 0.4) is 0 Å². The Hall–Kier alpha value is -2.60. The summed E-state index contributed by atoms with van der Waals surface area (Å²) in [4.78, 5) is 13.2. The molecule has 4 nitrogen and oxygen atoms in total. The van der Waals surface area contributed by atoms with Crippen molar-refractivity contribution >= 4 is 27.3 Å². The molecule has 25 heavy (non-hydrogen) atoms. The smallest absolute Gasteiger partial charge is 0.261 e. The Morgan fingerprint density at radius 3 is 2.96 bits per heavy atom. The topological polar surface area (TPSA) is 47.6 Å². The molecule has 1 amide bonds. The number of ether oxygens (including phenoxy) is 2. The normalized spacial score (nSPS) is 13.0. The first kappa shape index (κ1) is 15.9. The lowest BCUT2D eigenvalue weighted by molar-refractivity contribution is 0.0953. The number of rotatable bonds is 3. The van der Waals surface area contributed by atoms with Gasteiger partial charge in [-0.05, 0) is 42.1 Å². The number of nitrogens with one attached hydrogen (secondary N) is 1. The van der Waals surface area contributed by atoms with Gasteiger partial charge in [0.25, 0.3) is 5.91 Å². The Kier molecular flexibility index (Phi) is 4.05. The lowest BCUT2D eigenvalue weighted by Crippen LogP contribution is -2.24. The highest BCUT2D eigenvalue weighted by Gasteiger charge is 2.18. The summed E-state index contributed by atoms with van der Waals surface area (Å²) in [6.07, 6.45) is 0. The monoisotopic (exact) mass is 357 g/mol. The van der Waals surface area contributed by atoms with Gasteiger partial charge >= 0.3 is 0 Å². The molecular formula is C19H16FNO3S. The fourth-order valence-electron chi connectivity index (χ4n) is 2.94. The molecule has 1 N–H and O–H groups in total. The number of hydrogen-bond acceptors (Lipinski definition) is 4. The van der Waals surface area contributed by atoms with E-state index in [4.69, 9.17) is 9.47 Å². The summed E-state index contributed by atoms with van der Waals surface area (Å²) in [6, 6.07) is 10.2. The molecule has 3 aromatic rings. The van der Waals surface area contributed by atoms with Gasteiger partial charge in [-0.2, -0.15) is 0 Å². The fourth-order valence-corrected chi connectivity index (χ4v) is 4.04. The van der Waals surface area contributed by atoms with Crippen molar-refractivity contribution in [2.45, 2.75) is 13.5 Å². The molecule has 4 rings (SSSR count). The molecule has 0 atom stereocenters. The van der Waals surface area contributed by atoms with E-state index in [1.165, 1.54) is 23.5 Å². The van der Waals surface area contributed by atoms with Crippen molar-refractivity contribution in [2.75, 3.05) is 13.2 Å². The maximum atomic E-state index is 13.4. The second-order valence-electron chi connectivity index (χ2n) is 5.82. The molecule has 1 aliphatic heterocycles. The molecule has 1 aliphatic rings. The van der Waals surface area contributed by atoms with E-state index in [2.05, 4.69) is 5.32 Å². The van der Waals surface area contributed by atoms with Crippen LogP contribution in [-0.4, -0.2) is 19.1 Å². The zero-order valence-electron chi connectivity index (χ0n) is 13.6. The third-order valence-electron chi connectivity index (χ3n) is 4.19. The molecule has 1 aromatic heterocycles. The van der Waals surface area contributed by atoms with Gasteiger partial charge in [0.1, 0.15) is 19.0 Å². The predicted molar refractivity (Wildman–Crippen MR) is 95.1 cm³/mol. The standard InChI is InChI=1S/C19H16FNO3S/c1-11-14-9-13(20)5-6-16(14)25-18(11)19(22)21-10-12-3-2-4-15-17(12)24-8-7-23-15/h2-6,9H,7-8,10H2,1H3,(H,21,22). The summed E-state index contributed by atoms with van der Waals surface area (Å²) in [7, 11) is 0. The summed E-state index contributed by atoms with van der Waals surface area (Å²) in [5.74, 6) is 0.914. The number of para-hydroxylation sites is 1. The van der Waals surface area contributed by atoms with Crippen molar-refractivity contribution in [1.82, 2.24) is 5.32 Å². The Labute approximate surface area is 148 Å². The van der Waals surface area contributed by atoms with Crippen LogP contribution in [0.25, 0.3) is 10.1 Å². The van der Waals surface area contributed by atoms with E-state index in [1.807, 2.05) is 25.1 Å². The largest absolute Gasteiger partial charge is 0.486 e. The average Bonchev–Trinajstić information content (AvgIpc) is 2.96. The van der Waals surface area contributed by atoms with Crippen LogP contribution in [0.5, 0.6) is 11.5 Å². The van der Waals surface area contributed by atoms with E-state index in [0.29, 0.717) is 36.1 Å². The summed E-state index contributed by atoms with van der Waals surface area (Å²) in [5.41, 5.74) is 1.67. The number of amides is 1. The highest BCUT2D eigenvalue weighted by Crippen LogP contribution is 2.34. The lowest BCUT2D eigenvalue weighted by atomic mass is 10.1. The van der Waals surface area contributed by atoms with Crippen molar-refractivity contribution in [3.05, 3.63) is 58.2 Å². The first-order valence-electron chi connectivity index (χ1n) is 7.98. The first-order chi connectivity index (χ1) is 12.1. The quantitative estimate of drug-likeness (QED) is 0.769. The zero-order valence-corrected chi connectivity index (χ0v) is 14.4. The number of thiophene rings is 1. The van der Waals surface area contributed by atoms with E-state index in [0.717, 1.165) is 21.2 Å². The van der Waals surface area contributed by atoms with Gasteiger partial charge in [0.2, 0.25) is 0 Å². The van der Waals surface area contributed by atoms with E-state index in [-0.39, 0.29) is 11.7 Å². The van der Waals surface area contributed by atoms with E-state index < -0.39 is 0 Å². The fraction of sp³-hybridized carbons (Fsp3) is 0.211. The van der Waals surface area contributed by atoms with Gasteiger partial charge in [0.15, 0.2) is 11.5 Å². The van der Waals surface area contributed by atoms with E-state index in [1.54, 1.807) is 6.07 Å². The molecule has 6 heteroatoms. The molecule has 0 unspecified atom stereocenters. The Morgan fingerprint density at radius 2 is 2.08 bits per heavy atom.